The van der Waals surface area contributed by atoms with E-state index in [2.05, 4.69) is 15.6 Å². The number of nitrogens with one attached hydrogen (secondary N) is 1. The van der Waals surface area contributed by atoms with Gasteiger partial charge in [0.25, 0.3) is 5.91 Å². The number of carbonyl (C=O) groups is 1. The van der Waals surface area contributed by atoms with E-state index in [1.165, 1.54) is 38.4 Å². The van der Waals surface area contributed by atoms with E-state index in [1.807, 2.05) is 0 Å². The lowest BCUT2D eigenvalue weighted by Gasteiger charge is -2.15. The predicted molar refractivity (Wildman–Crippen MR) is 105 cm³/mol. The summed E-state index contributed by atoms with van der Waals surface area (Å²) in [6, 6.07) is 9.77. The average Bonchev–Trinajstić information content (AvgIpc) is 3.18. The van der Waals surface area contributed by atoms with Crippen molar-refractivity contribution in [2.45, 2.75) is 17.6 Å². The van der Waals surface area contributed by atoms with Gasteiger partial charge in [-0.25, -0.2) is 21.8 Å². The van der Waals surface area contributed by atoms with E-state index in [0.29, 0.717) is 4.68 Å². The number of amides is 1. The summed E-state index contributed by atoms with van der Waals surface area (Å²) >= 11 is 0. The first-order valence-corrected chi connectivity index (χ1v) is 10.4. The van der Waals surface area contributed by atoms with Gasteiger partial charge in [0, 0.05) is 20.6 Å². The van der Waals surface area contributed by atoms with Crippen molar-refractivity contribution >= 4 is 15.9 Å². The van der Waals surface area contributed by atoms with Gasteiger partial charge in [-0.15, -0.1) is 5.10 Å². The van der Waals surface area contributed by atoms with E-state index in [1.54, 1.807) is 0 Å². The van der Waals surface area contributed by atoms with Crippen LogP contribution in [0, 0.1) is 5.82 Å². The number of benzene rings is 2. The Morgan fingerprint density at radius 1 is 1.09 bits per heavy atom. The monoisotopic (exact) mass is 471 g/mol. The lowest BCUT2D eigenvalue weighted by atomic mass is 10.2. The van der Waals surface area contributed by atoms with Crippen molar-refractivity contribution in [3.05, 3.63) is 71.3 Å². The van der Waals surface area contributed by atoms with Gasteiger partial charge in [-0.2, -0.15) is 13.2 Å². The highest BCUT2D eigenvalue weighted by Crippen LogP contribution is 2.32. The first-order valence-electron chi connectivity index (χ1n) is 9.00. The van der Waals surface area contributed by atoms with Gasteiger partial charge in [0.2, 0.25) is 10.0 Å². The number of hydrogen-bond acceptors (Lipinski definition) is 5. The molecule has 0 atom stereocenters. The maximum absolute atomic E-state index is 13.7. The zero-order valence-corrected chi connectivity index (χ0v) is 17.6. The van der Waals surface area contributed by atoms with E-state index in [4.69, 9.17) is 0 Å². The molecule has 0 spiro atoms. The number of alkyl halides is 3. The molecule has 2 aromatic carbocycles. The second-order valence-corrected chi connectivity index (χ2v) is 8.87. The van der Waals surface area contributed by atoms with E-state index in [0.717, 1.165) is 28.6 Å². The normalized spacial score (nSPS) is 12.2. The molecule has 0 unspecified atom stereocenters. The molecular weight excluding hydrogens is 454 g/mol. The number of sulfonamides is 1. The number of rotatable bonds is 6. The molecule has 32 heavy (non-hydrogen) atoms. The summed E-state index contributed by atoms with van der Waals surface area (Å²) in [5.41, 5.74) is -2.42. The second kappa shape index (κ2) is 8.67. The lowest BCUT2D eigenvalue weighted by Crippen LogP contribution is -2.29. The molecule has 3 rings (SSSR count). The van der Waals surface area contributed by atoms with Crippen LogP contribution in [0.4, 0.5) is 17.6 Å². The summed E-state index contributed by atoms with van der Waals surface area (Å²) in [6.07, 6.45) is -5.00. The van der Waals surface area contributed by atoms with Crippen molar-refractivity contribution in [1.29, 1.82) is 0 Å². The SMILES string of the molecule is CN(C)S(=O)(=O)c1ccccc1CNC(=O)c1nnn(-c2ccc(F)cc2)c1C(F)(F)F. The Kier molecular flexibility index (Phi) is 6.32. The molecule has 1 N–H and O–H groups in total. The summed E-state index contributed by atoms with van der Waals surface area (Å²) in [6.45, 7) is -0.372. The van der Waals surface area contributed by atoms with Gasteiger partial charge in [-0.1, -0.05) is 23.4 Å². The molecule has 1 aromatic heterocycles. The summed E-state index contributed by atoms with van der Waals surface area (Å²) in [5.74, 6) is -1.87. The molecule has 1 amide bonds. The van der Waals surface area contributed by atoms with E-state index >= 15 is 0 Å². The third-order valence-electron chi connectivity index (χ3n) is 4.40. The van der Waals surface area contributed by atoms with Crippen molar-refractivity contribution in [3.63, 3.8) is 0 Å². The molecule has 0 radical (unpaired) electrons. The minimum atomic E-state index is -5.00. The van der Waals surface area contributed by atoms with Crippen LogP contribution < -0.4 is 5.32 Å². The number of hydrogen-bond donors (Lipinski definition) is 1. The molecule has 170 valence electrons. The Balaban J connectivity index is 1.93. The molecule has 8 nitrogen and oxygen atoms in total. The molecule has 3 aromatic rings. The standard InChI is InChI=1S/C19H17F4N5O3S/c1-27(2)32(30,31)15-6-4-3-5-12(15)11-24-18(29)16-17(19(21,22)23)28(26-25-16)14-9-7-13(20)8-10-14/h3-10H,11H2,1-2H3,(H,24,29). The van der Waals surface area contributed by atoms with Gasteiger partial charge in [-0.05, 0) is 35.9 Å². The van der Waals surface area contributed by atoms with Crippen LogP contribution in [0.15, 0.2) is 53.4 Å². The Bertz CT molecular complexity index is 1240. The third-order valence-corrected chi connectivity index (χ3v) is 6.31. The average molecular weight is 471 g/mol. The van der Waals surface area contributed by atoms with Crippen LogP contribution in [-0.4, -0.2) is 47.7 Å². The number of nitrogens with zero attached hydrogens (tertiary/aromatic N) is 4. The molecule has 1 heterocycles. The Morgan fingerprint density at radius 2 is 1.72 bits per heavy atom. The smallest absolute Gasteiger partial charge is 0.346 e. The fourth-order valence-corrected chi connectivity index (χ4v) is 3.93. The fourth-order valence-electron chi connectivity index (χ4n) is 2.81. The molecule has 13 heteroatoms. The molecule has 0 saturated heterocycles. The summed E-state index contributed by atoms with van der Waals surface area (Å²) in [4.78, 5) is 12.4. The molecular formula is C19H17F4N5O3S. The van der Waals surface area contributed by atoms with Crippen LogP contribution in [0.3, 0.4) is 0 Å². The summed E-state index contributed by atoms with van der Waals surface area (Å²) in [7, 11) is -1.19. The molecule has 0 fully saturated rings. The van der Waals surface area contributed by atoms with Gasteiger partial charge < -0.3 is 5.32 Å². The summed E-state index contributed by atoms with van der Waals surface area (Å²) < 4.78 is 80.5. The molecule has 0 aliphatic rings. The minimum Gasteiger partial charge on any atom is -0.346 e. The van der Waals surface area contributed by atoms with Crippen molar-refractivity contribution < 1.29 is 30.8 Å². The van der Waals surface area contributed by atoms with Gasteiger partial charge in [0.15, 0.2) is 11.4 Å². The fraction of sp³-hybridized carbons (Fsp3) is 0.211. The van der Waals surface area contributed by atoms with Gasteiger partial charge in [0.1, 0.15) is 5.82 Å². The number of halogens is 4. The second-order valence-electron chi connectivity index (χ2n) is 6.75. The number of carbonyl (C=O) groups excluding carboxylic acids is 1. The van der Waals surface area contributed by atoms with Crippen molar-refractivity contribution in [2.24, 2.45) is 0 Å². The van der Waals surface area contributed by atoms with Crippen LogP contribution in [-0.2, 0) is 22.7 Å². The van der Waals surface area contributed by atoms with Crippen molar-refractivity contribution in [2.75, 3.05) is 14.1 Å². The predicted octanol–water partition coefficient (Wildman–Crippen LogP) is 2.61. The van der Waals surface area contributed by atoms with Gasteiger partial charge >= 0.3 is 6.18 Å². The topological polar surface area (TPSA) is 97.2 Å². The van der Waals surface area contributed by atoms with E-state index < -0.39 is 39.3 Å². The van der Waals surface area contributed by atoms with Gasteiger partial charge in [0.05, 0.1) is 10.6 Å². The number of aromatic nitrogens is 3. The van der Waals surface area contributed by atoms with Crippen LogP contribution in [0.5, 0.6) is 0 Å². The quantitative estimate of drug-likeness (QED) is 0.558. The van der Waals surface area contributed by atoms with Crippen LogP contribution >= 0.6 is 0 Å². The van der Waals surface area contributed by atoms with Crippen molar-refractivity contribution in [1.82, 2.24) is 24.6 Å². The maximum atomic E-state index is 13.7. The van der Waals surface area contributed by atoms with E-state index in [9.17, 15) is 30.8 Å². The lowest BCUT2D eigenvalue weighted by molar-refractivity contribution is -0.143. The highest BCUT2D eigenvalue weighted by Gasteiger charge is 2.42. The largest absolute Gasteiger partial charge is 0.435 e. The Labute approximate surface area is 180 Å². The molecule has 0 aliphatic heterocycles. The van der Waals surface area contributed by atoms with Gasteiger partial charge in [-0.3, -0.25) is 4.79 Å². The first kappa shape index (κ1) is 23.3. The molecule has 0 aliphatic carbocycles. The molecule has 0 saturated carbocycles. The molecule has 0 bridgehead atoms. The minimum absolute atomic E-state index is 0.101. The zero-order chi connectivity index (χ0) is 23.7. The Hall–Kier alpha value is -3.32. The highest BCUT2D eigenvalue weighted by atomic mass is 32.2. The first-order chi connectivity index (χ1) is 14.9. The van der Waals surface area contributed by atoms with Crippen molar-refractivity contribution in [3.8, 4) is 5.69 Å². The highest BCUT2D eigenvalue weighted by molar-refractivity contribution is 7.89. The maximum Gasteiger partial charge on any atom is 0.435 e. The summed E-state index contributed by atoms with van der Waals surface area (Å²) in [5, 5.41) is 9.01. The van der Waals surface area contributed by atoms with Crippen LogP contribution in [0.2, 0.25) is 0 Å². The zero-order valence-electron chi connectivity index (χ0n) is 16.8. The van der Waals surface area contributed by atoms with E-state index in [-0.39, 0.29) is 22.7 Å². The third kappa shape index (κ3) is 4.62. The van der Waals surface area contributed by atoms with Crippen LogP contribution in [0.1, 0.15) is 21.7 Å². The Morgan fingerprint density at radius 3 is 2.31 bits per heavy atom. The van der Waals surface area contributed by atoms with Crippen LogP contribution in [0.25, 0.3) is 5.69 Å².